The molecule has 37 heavy (non-hydrogen) atoms. The third kappa shape index (κ3) is 5.42. The Balaban J connectivity index is 1.41. The highest BCUT2D eigenvalue weighted by Gasteiger charge is 2.32. The van der Waals surface area contributed by atoms with Crippen LogP contribution in [0.25, 0.3) is 16.8 Å². The van der Waals surface area contributed by atoms with Gasteiger partial charge in [0.25, 0.3) is 5.91 Å². The van der Waals surface area contributed by atoms with Crippen molar-refractivity contribution in [2.45, 2.75) is 6.92 Å². The van der Waals surface area contributed by atoms with E-state index in [1.165, 1.54) is 16.7 Å². The van der Waals surface area contributed by atoms with Crippen molar-refractivity contribution in [1.82, 2.24) is 0 Å². The van der Waals surface area contributed by atoms with E-state index in [1.54, 1.807) is 24.3 Å². The quantitative estimate of drug-likeness (QED) is 0.263. The molecule has 0 radical (unpaired) electrons. The summed E-state index contributed by atoms with van der Waals surface area (Å²) in [4.78, 5) is 32.4. The first-order valence-electron chi connectivity index (χ1n) is 11.5. The summed E-state index contributed by atoms with van der Waals surface area (Å²) >= 11 is 13.7. The maximum atomic E-state index is 13.4. The largest absolute Gasteiger partial charge is 0.325 e. The molecule has 0 unspecified atom stereocenters. The number of amidine groups is 1. The van der Waals surface area contributed by atoms with Crippen molar-refractivity contribution in [1.29, 1.82) is 0 Å². The molecule has 1 N–H and O–H groups in total. The van der Waals surface area contributed by atoms with Gasteiger partial charge in [-0.3, -0.25) is 14.5 Å². The minimum absolute atomic E-state index is 0.0723. The van der Waals surface area contributed by atoms with Crippen LogP contribution in [0.4, 0.5) is 11.4 Å². The van der Waals surface area contributed by atoms with Crippen LogP contribution in [-0.4, -0.2) is 22.7 Å². The van der Waals surface area contributed by atoms with Gasteiger partial charge in [0.05, 0.1) is 21.5 Å². The summed E-state index contributed by atoms with van der Waals surface area (Å²) in [6.07, 6.45) is 1.61. The van der Waals surface area contributed by atoms with Crippen LogP contribution < -0.4 is 10.2 Å². The molecule has 1 aliphatic rings. The highest BCUT2D eigenvalue weighted by Crippen LogP contribution is 2.33. The standard InChI is InChI=1S/C29H21Cl2N3O2S/c1-18-12-14-21(15-13-18)34-28(36)25(16-20-8-4-10-23(30)27(20)31)33-29(34)37-17-26(35)32-24-11-5-7-19-6-2-3-9-22(19)24/h2-16H,17H2,1H3,(H,32,35)/b25-16+. The number of fused-ring (bicyclic) bond motifs is 1. The van der Waals surface area contributed by atoms with E-state index < -0.39 is 0 Å². The Labute approximate surface area is 228 Å². The molecule has 0 fully saturated rings. The molecule has 0 spiro atoms. The number of nitrogens with zero attached hydrogens (tertiary/aromatic N) is 2. The zero-order valence-corrected chi connectivity index (χ0v) is 22.1. The Hall–Kier alpha value is -3.58. The van der Waals surface area contributed by atoms with Crippen LogP contribution in [0.15, 0.2) is 95.6 Å². The van der Waals surface area contributed by atoms with Crippen molar-refractivity contribution in [2.75, 3.05) is 16.0 Å². The number of benzene rings is 4. The molecule has 4 aromatic rings. The second kappa shape index (κ2) is 10.8. The molecule has 1 heterocycles. The van der Waals surface area contributed by atoms with E-state index in [0.717, 1.165) is 22.0 Å². The number of hydrogen-bond donors (Lipinski definition) is 1. The minimum atomic E-state index is -0.308. The van der Waals surface area contributed by atoms with E-state index >= 15 is 0 Å². The number of rotatable bonds is 5. The van der Waals surface area contributed by atoms with Gasteiger partial charge in [0.15, 0.2) is 5.17 Å². The summed E-state index contributed by atoms with van der Waals surface area (Å²) in [5, 5.41) is 6.12. The van der Waals surface area contributed by atoms with Crippen molar-refractivity contribution < 1.29 is 9.59 Å². The third-order valence-corrected chi connectivity index (χ3v) is 7.56. The average molecular weight is 546 g/mol. The number of halogens is 2. The van der Waals surface area contributed by atoms with E-state index in [1.807, 2.05) is 73.7 Å². The number of nitrogens with one attached hydrogen (secondary N) is 1. The molecule has 0 aromatic heterocycles. The van der Waals surface area contributed by atoms with Gasteiger partial charge in [0.1, 0.15) is 5.70 Å². The van der Waals surface area contributed by atoms with Crippen LogP contribution in [0.1, 0.15) is 11.1 Å². The summed E-state index contributed by atoms with van der Waals surface area (Å²) < 4.78 is 0. The van der Waals surface area contributed by atoms with Gasteiger partial charge in [-0.1, -0.05) is 101 Å². The van der Waals surface area contributed by atoms with Crippen LogP contribution in [0.2, 0.25) is 10.0 Å². The monoisotopic (exact) mass is 545 g/mol. The maximum absolute atomic E-state index is 13.4. The fourth-order valence-electron chi connectivity index (χ4n) is 3.94. The van der Waals surface area contributed by atoms with E-state index in [0.29, 0.717) is 26.5 Å². The summed E-state index contributed by atoms with van der Waals surface area (Å²) in [5.41, 5.74) is 3.26. The van der Waals surface area contributed by atoms with Crippen molar-refractivity contribution in [3.63, 3.8) is 0 Å². The van der Waals surface area contributed by atoms with E-state index in [2.05, 4.69) is 10.3 Å². The molecule has 0 aliphatic carbocycles. The average Bonchev–Trinajstić information content (AvgIpc) is 3.21. The number of thioether (sulfide) groups is 1. The molecule has 5 nitrogen and oxygen atoms in total. The molecule has 184 valence electrons. The lowest BCUT2D eigenvalue weighted by atomic mass is 10.1. The smallest absolute Gasteiger partial charge is 0.283 e. The van der Waals surface area contributed by atoms with Gasteiger partial charge in [-0.05, 0) is 48.2 Å². The molecule has 0 bridgehead atoms. The predicted octanol–water partition coefficient (Wildman–Crippen LogP) is 7.57. The van der Waals surface area contributed by atoms with Crippen molar-refractivity contribution in [3.05, 3.63) is 112 Å². The Morgan fingerprint density at radius 2 is 1.70 bits per heavy atom. The molecular formula is C29H21Cl2N3O2S. The van der Waals surface area contributed by atoms with Gasteiger partial charge >= 0.3 is 0 Å². The highest BCUT2D eigenvalue weighted by molar-refractivity contribution is 8.14. The summed E-state index contributed by atoms with van der Waals surface area (Å²) in [6.45, 7) is 1.98. The normalized spacial score (nSPS) is 14.4. The first-order chi connectivity index (χ1) is 17.9. The number of anilines is 2. The van der Waals surface area contributed by atoms with Crippen molar-refractivity contribution in [2.24, 2.45) is 4.99 Å². The molecule has 2 amide bonds. The molecule has 8 heteroatoms. The Bertz CT molecular complexity index is 1580. The van der Waals surface area contributed by atoms with Crippen LogP contribution in [-0.2, 0) is 9.59 Å². The van der Waals surface area contributed by atoms with E-state index in [9.17, 15) is 9.59 Å². The van der Waals surface area contributed by atoms with Gasteiger partial charge in [0, 0.05) is 11.1 Å². The molecule has 1 aliphatic heterocycles. The topological polar surface area (TPSA) is 61.8 Å². The molecule has 0 saturated carbocycles. The third-order valence-electron chi connectivity index (χ3n) is 5.79. The van der Waals surface area contributed by atoms with Crippen LogP contribution in [0, 0.1) is 6.92 Å². The Morgan fingerprint density at radius 1 is 0.973 bits per heavy atom. The van der Waals surface area contributed by atoms with Crippen molar-refractivity contribution in [3.8, 4) is 0 Å². The van der Waals surface area contributed by atoms with Gasteiger partial charge in [0.2, 0.25) is 5.91 Å². The zero-order chi connectivity index (χ0) is 25.9. The fourth-order valence-corrected chi connectivity index (χ4v) is 5.12. The molecule has 0 atom stereocenters. The zero-order valence-electron chi connectivity index (χ0n) is 19.7. The minimum Gasteiger partial charge on any atom is -0.325 e. The predicted molar refractivity (Wildman–Crippen MR) is 156 cm³/mol. The van der Waals surface area contributed by atoms with Crippen LogP contribution in [0.5, 0.6) is 0 Å². The SMILES string of the molecule is Cc1ccc(N2C(=O)/C(=C\c3cccc(Cl)c3Cl)N=C2SCC(=O)Nc2cccc3ccccc23)cc1. The Kier molecular flexibility index (Phi) is 7.33. The van der Waals surface area contributed by atoms with E-state index in [4.69, 9.17) is 23.2 Å². The van der Waals surface area contributed by atoms with Crippen LogP contribution >= 0.6 is 35.0 Å². The molecule has 5 rings (SSSR count). The lowest BCUT2D eigenvalue weighted by Crippen LogP contribution is -2.31. The van der Waals surface area contributed by atoms with E-state index in [-0.39, 0.29) is 23.3 Å². The molecule has 0 saturated heterocycles. The van der Waals surface area contributed by atoms with Gasteiger partial charge < -0.3 is 5.32 Å². The second-order valence-electron chi connectivity index (χ2n) is 8.41. The van der Waals surface area contributed by atoms with Gasteiger partial charge in [-0.25, -0.2) is 4.99 Å². The van der Waals surface area contributed by atoms with Gasteiger partial charge in [-0.15, -0.1) is 0 Å². The fraction of sp³-hybridized carbons (Fsp3) is 0.0690. The first-order valence-corrected chi connectivity index (χ1v) is 13.2. The summed E-state index contributed by atoms with van der Waals surface area (Å²) in [6, 6.07) is 26.4. The number of amides is 2. The first kappa shape index (κ1) is 25.1. The second-order valence-corrected chi connectivity index (χ2v) is 10.1. The Morgan fingerprint density at radius 3 is 2.51 bits per heavy atom. The number of aryl methyl sites for hydroxylation is 1. The molecule has 4 aromatic carbocycles. The summed E-state index contributed by atoms with van der Waals surface area (Å²) in [5.74, 6) is -0.435. The molecular weight excluding hydrogens is 525 g/mol. The maximum Gasteiger partial charge on any atom is 0.283 e. The van der Waals surface area contributed by atoms with Gasteiger partial charge in [-0.2, -0.15) is 0 Å². The highest BCUT2D eigenvalue weighted by atomic mass is 35.5. The number of hydrogen-bond acceptors (Lipinski definition) is 4. The van der Waals surface area contributed by atoms with Crippen molar-refractivity contribution >= 4 is 80.2 Å². The van der Waals surface area contributed by atoms with Crippen LogP contribution in [0.3, 0.4) is 0 Å². The number of aliphatic imine (C=N–C) groups is 1. The number of carbonyl (C=O) groups is 2. The lowest BCUT2D eigenvalue weighted by molar-refractivity contribution is -0.114. The lowest BCUT2D eigenvalue weighted by Gasteiger charge is -2.18. The number of carbonyl (C=O) groups excluding carboxylic acids is 2. The summed E-state index contributed by atoms with van der Waals surface area (Å²) in [7, 11) is 0.